The summed E-state index contributed by atoms with van der Waals surface area (Å²) >= 11 is 0. The third kappa shape index (κ3) is 2.80. The number of nitrogens with zero attached hydrogens (tertiary/aromatic N) is 1. The van der Waals surface area contributed by atoms with E-state index >= 15 is 0 Å². The van der Waals surface area contributed by atoms with Gasteiger partial charge >= 0.3 is 0 Å². The van der Waals surface area contributed by atoms with Crippen molar-refractivity contribution in [3.63, 3.8) is 0 Å². The molecule has 0 bridgehead atoms. The minimum absolute atomic E-state index is 0.238. The molecule has 0 radical (unpaired) electrons. The van der Waals surface area contributed by atoms with Crippen LogP contribution in [0.25, 0.3) is 0 Å². The van der Waals surface area contributed by atoms with Crippen LogP contribution in [-0.2, 0) is 0 Å². The van der Waals surface area contributed by atoms with E-state index in [0.29, 0.717) is 23.8 Å². The van der Waals surface area contributed by atoms with Crippen molar-refractivity contribution < 1.29 is 9.53 Å². The van der Waals surface area contributed by atoms with Crippen LogP contribution in [-0.4, -0.2) is 18.6 Å². The first kappa shape index (κ1) is 12.4. The van der Waals surface area contributed by atoms with E-state index in [9.17, 15) is 4.79 Å². The zero-order valence-corrected chi connectivity index (χ0v) is 10.3. The lowest BCUT2D eigenvalue weighted by molar-refractivity contribution is 0.0938. The molecule has 2 rings (SSSR count). The van der Waals surface area contributed by atoms with Gasteiger partial charge in [0.25, 0.3) is 5.91 Å². The predicted octanol–water partition coefficient (Wildman–Crippen LogP) is 2.12. The summed E-state index contributed by atoms with van der Waals surface area (Å²) in [4.78, 5) is 12.1. The van der Waals surface area contributed by atoms with Crippen LogP contribution in [0.1, 0.15) is 30.1 Å². The Morgan fingerprint density at radius 2 is 2.28 bits per heavy atom. The molecule has 94 valence electrons. The van der Waals surface area contributed by atoms with E-state index in [4.69, 9.17) is 10.00 Å². The van der Waals surface area contributed by atoms with E-state index in [-0.39, 0.29) is 11.9 Å². The number of carbonyl (C=O) groups is 1. The number of benzene rings is 1. The molecule has 1 aromatic carbocycles. The Morgan fingerprint density at radius 3 is 2.89 bits per heavy atom. The Morgan fingerprint density at radius 1 is 1.56 bits per heavy atom. The van der Waals surface area contributed by atoms with Gasteiger partial charge in [-0.05, 0) is 37.8 Å². The van der Waals surface area contributed by atoms with Crippen LogP contribution in [0.3, 0.4) is 0 Å². The van der Waals surface area contributed by atoms with E-state index in [0.717, 1.165) is 12.8 Å². The molecule has 1 aromatic rings. The minimum Gasteiger partial charge on any atom is -0.493 e. The first-order chi connectivity index (χ1) is 8.76. The fraction of sp³-hybridized carbons (Fsp3) is 0.429. The maximum Gasteiger partial charge on any atom is 0.256 e. The van der Waals surface area contributed by atoms with Crippen molar-refractivity contribution in [3.05, 3.63) is 29.8 Å². The number of nitrogens with one attached hydrogen (secondary N) is 1. The Balaban J connectivity index is 2.10. The van der Waals surface area contributed by atoms with Gasteiger partial charge in [-0.15, -0.1) is 0 Å². The highest BCUT2D eigenvalue weighted by Gasteiger charge is 2.32. The summed E-state index contributed by atoms with van der Waals surface area (Å²) in [7, 11) is 0. The van der Waals surface area contributed by atoms with Gasteiger partial charge in [-0.3, -0.25) is 4.79 Å². The highest BCUT2D eigenvalue weighted by molar-refractivity contribution is 5.97. The van der Waals surface area contributed by atoms with Crippen molar-refractivity contribution in [2.24, 2.45) is 5.92 Å². The molecule has 1 atom stereocenters. The third-order valence-corrected chi connectivity index (χ3v) is 2.95. The van der Waals surface area contributed by atoms with Crippen LogP contribution in [0.5, 0.6) is 5.75 Å². The number of rotatable bonds is 5. The van der Waals surface area contributed by atoms with Crippen LogP contribution in [0, 0.1) is 17.2 Å². The molecule has 0 spiro atoms. The fourth-order valence-electron chi connectivity index (χ4n) is 1.84. The molecular formula is C14H16N2O2. The summed E-state index contributed by atoms with van der Waals surface area (Å²) in [5.41, 5.74) is 0.486. The second-order valence-corrected chi connectivity index (χ2v) is 4.35. The SMILES string of the molecule is CCOc1ccccc1C(=O)NC(C#N)C1CC1. The van der Waals surface area contributed by atoms with Crippen LogP contribution >= 0.6 is 0 Å². The Kier molecular flexibility index (Phi) is 3.83. The van der Waals surface area contributed by atoms with Crippen molar-refractivity contribution >= 4 is 5.91 Å². The standard InChI is InChI=1S/C14H16N2O2/c1-2-18-13-6-4-3-5-11(13)14(17)16-12(9-15)10-7-8-10/h3-6,10,12H,2,7-8H2,1H3,(H,16,17). The smallest absolute Gasteiger partial charge is 0.256 e. The first-order valence-corrected chi connectivity index (χ1v) is 6.18. The van der Waals surface area contributed by atoms with E-state index in [2.05, 4.69) is 11.4 Å². The van der Waals surface area contributed by atoms with E-state index in [1.165, 1.54) is 0 Å². The normalized spacial score (nSPS) is 15.6. The van der Waals surface area contributed by atoms with Gasteiger partial charge in [-0.1, -0.05) is 12.1 Å². The zero-order chi connectivity index (χ0) is 13.0. The highest BCUT2D eigenvalue weighted by Crippen LogP contribution is 2.32. The van der Waals surface area contributed by atoms with E-state index in [1.54, 1.807) is 18.2 Å². The predicted molar refractivity (Wildman–Crippen MR) is 67.2 cm³/mol. The van der Waals surface area contributed by atoms with Gasteiger partial charge in [0.2, 0.25) is 0 Å². The summed E-state index contributed by atoms with van der Waals surface area (Å²) in [6, 6.07) is 8.84. The van der Waals surface area contributed by atoms with Gasteiger partial charge < -0.3 is 10.1 Å². The molecule has 1 aliphatic carbocycles. The number of hydrogen-bond acceptors (Lipinski definition) is 3. The molecule has 0 saturated heterocycles. The maximum atomic E-state index is 12.1. The van der Waals surface area contributed by atoms with Crippen LogP contribution in [0.2, 0.25) is 0 Å². The van der Waals surface area contributed by atoms with E-state index < -0.39 is 0 Å². The van der Waals surface area contributed by atoms with Gasteiger partial charge in [-0.2, -0.15) is 5.26 Å². The molecule has 1 fully saturated rings. The van der Waals surface area contributed by atoms with Crippen molar-refractivity contribution in [2.45, 2.75) is 25.8 Å². The number of carbonyl (C=O) groups excluding carboxylic acids is 1. The van der Waals surface area contributed by atoms with Crippen molar-refractivity contribution in [2.75, 3.05) is 6.61 Å². The molecule has 1 aliphatic rings. The quantitative estimate of drug-likeness (QED) is 0.863. The second-order valence-electron chi connectivity index (χ2n) is 4.35. The molecule has 1 unspecified atom stereocenters. The molecule has 1 saturated carbocycles. The average molecular weight is 244 g/mol. The molecule has 4 heteroatoms. The molecule has 0 aliphatic heterocycles. The average Bonchev–Trinajstić information content (AvgIpc) is 3.21. The molecular weight excluding hydrogens is 228 g/mol. The van der Waals surface area contributed by atoms with Crippen LogP contribution < -0.4 is 10.1 Å². The van der Waals surface area contributed by atoms with Crippen LogP contribution in [0.15, 0.2) is 24.3 Å². The third-order valence-electron chi connectivity index (χ3n) is 2.95. The number of para-hydroxylation sites is 1. The zero-order valence-electron chi connectivity index (χ0n) is 10.3. The molecule has 1 amide bonds. The Labute approximate surface area is 107 Å². The summed E-state index contributed by atoms with van der Waals surface area (Å²) in [5, 5.41) is 11.8. The van der Waals surface area contributed by atoms with E-state index in [1.807, 2.05) is 13.0 Å². The summed E-state index contributed by atoms with van der Waals surface area (Å²) < 4.78 is 5.41. The van der Waals surface area contributed by atoms with Gasteiger partial charge in [-0.25, -0.2) is 0 Å². The largest absolute Gasteiger partial charge is 0.493 e. The summed E-state index contributed by atoms with van der Waals surface area (Å²) in [5.74, 6) is 0.640. The first-order valence-electron chi connectivity index (χ1n) is 6.18. The van der Waals surface area contributed by atoms with Crippen LogP contribution in [0.4, 0.5) is 0 Å². The molecule has 0 heterocycles. The monoisotopic (exact) mass is 244 g/mol. The Bertz CT molecular complexity index is 475. The lowest BCUT2D eigenvalue weighted by Crippen LogP contribution is -2.35. The number of hydrogen-bond donors (Lipinski definition) is 1. The van der Waals surface area contributed by atoms with Crippen molar-refractivity contribution in [1.82, 2.24) is 5.32 Å². The van der Waals surface area contributed by atoms with Gasteiger partial charge in [0.15, 0.2) is 0 Å². The topological polar surface area (TPSA) is 62.1 Å². The van der Waals surface area contributed by atoms with Gasteiger partial charge in [0, 0.05) is 0 Å². The summed E-state index contributed by atoms with van der Waals surface area (Å²) in [6.45, 7) is 2.38. The van der Waals surface area contributed by atoms with Crippen molar-refractivity contribution in [3.8, 4) is 11.8 Å². The number of nitriles is 1. The highest BCUT2D eigenvalue weighted by atomic mass is 16.5. The second kappa shape index (κ2) is 5.54. The Hall–Kier alpha value is -2.02. The molecule has 0 aromatic heterocycles. The fourth-order valence-corrected chi connectivity index (χ4v) is 1.84. The van der Waals surface area contributed by atoms with Crippen molar-refractivity contribution in [1.29, 1.82) is 5.26 Å². The molecule has 18 heavy (non-hydrogen) atoms. The molecule has 1 N–H and O–H groups in total. The lowest BCUT2D eigenvalue weighted by Gasteiger charge is -2.13. The summed E-state index contributed by atoms with van der Waals surface area (Å²) in [6.07, 6.45) is 2.04. The minimum atomic E-state index is -0.382. The van der Waals surface area contributed by atoms with Gasteiger partial charge in [0.05, 0.1) is 18.2 Å². The maximum absolute atomic E-state index is 12.1. The van der Waals surface area contributed by atoms with Gasteiger partial charge in [0.1, 0.15) is 11.8 Å². The number of ether oxygens (including phenoxy) is 1. The number of amides is 1. The lowest BCUT2D eigenvalue weighted by atomic mass is 10.1. The molecule has 4 nitrogen and oxygen atoms in total.